The maximum absolute atomic E-state index is 12.2. The van der Waals surface area contributed by atoms with Gasteiger partial charge in [-0.3, -0.25) is 4.98 Å². The van der Waals surface area contributed by atoms with E-state index >= 15 is 0 Å². The lowest BCUT2D eigenvalue weighted by atomic mass is 10.2. The molecule has 0 fully saturated rings. The number of aryl methyl sites for hydroxylation is 1. The second-order valence-electron chi connectivity index (χ2n) is 4.10. The summed E-state index contributed by atoms with van der Waals surface area (Å²) in [4.78, 5) is 4.13. The molecular formula is C13H13ClN2O2S. The molecule has 0 unspecified atom stereocenters. The van der Waals surface area contributed by atoms with E-state index in [-0.39, 0.29) is 11.4 Å². The highest BCUT2D eigenvalue weighted by atomic mass is 35.5. The van der Waals surface area contributed by atoms with Crippen molar-refractivity contribution in [3.8, 4) is 0 Å². The highest BCUT2D eigenvalue weighted by Crippen LogP contribution is 2.20. The molecule has 100 valence electrons. The molecule has 0 amide bonds. The van der Waals surface area contributed by atoms with Crippen LogP contribution in [0.15, 0.2) is 47.6 Å². The third kappa shape index (κ3) is 3.53. The highest BCUT2D eigenvalue weighted by molar-refractivity contribution is 7.89. The van der Waals surface area contributed by atoms with Crippen molar-refractivity contribution in [2.24, 2.45) is 0 Å². The van der Waals surface area contributed by atoms with E-state index in [0.717, 1.165) is 5.56 Å². The van der Waals surface area contributed by atoms with E-state index in [1.54, 1.807) is 43.6 Å². The van der Waals surface area contributed by atoms with Crippen LogP contribution in [0.4, 0.5) is 0 Å². The van der Waals surface area contributed by atoms with Crippen LogP contribution in [-0.4, -0.2) is 13.4 Å². The van der Waals surface area contributed by atoms with E-state index in [1.807, 2.05) is 0 Å². The molecular weight excluding hydrogens is 284 g/mol. The fraction of sp³-hybridized carbons (Fsp3) is 0.154. The maximum Gasteiger partial charge on any atom is 0.241 e. The Hall–Kier alpha value is -1.43. The minimum Gasteiger partial charge on any atom is -0.264 e. The molecule has 2 rings (SSSR count). The Bertz CT molecular complexity index is 672. The summed E-state index contributed by atoms with van der Waals surface area (Å²) < 4.78 is 26.9. The Balaban J connectivity index is 2.21. The molecule has 4 nitrogen and oxygen atoms in total. The van der Waals surface area contributed by atoms with Gasteiger partial charge in [-0.05, 0) is 36.2 Å². The normalized spacial score (nSPS) is 11.5. The topological polar surface area (TPSA) is 59.1 Å². The van der Waals surface area contributed by atoms with Crippen LogP contribution in [0, 0.1) is 6.92 Å². The number of aromatic nitrogens is 1. The lowest BCUT2D eigenvalue weighted by Gasteiger charge is -2.09. The van der Waals surface area contributed by atoms with E-state index in [9.17, 15) is 8.42 Å². The minimum atomic E-state index is -3.57. The molecule has 19 heavy (non-hydrogen) atoms. The van der Waals surface area contributed by atoms with Gasteiger partial charge in [-0.2, -0.15) is 0 Å². The molecule has 6 heteroatoms. The average molecular weight is 297 g/mol. The average Bonchev–Trinajstić information content (AvgIpc) is 2.40. The number of sulfonamides is 1. The molecule has 0 saturated carbocycles. The van der Waals surface area contributed by atoms with Crippen LogP contribution in [0.25, 0.3) is 0 Å². The van der Waals surface area contributed by atoms with Crippen molar-refractivity contribution in [2.75, 3.05) is 0 Å². The fourth-order valence-electron chi connectivity index (χ4n) is 1.62. The van der Waals surface area contributed by atoms with Gasteiger partial charge in [0, 0.05) is 24.0 Å². The number of nitrogens with one attached hydrogen (secondary N) is 1. The molecule has 0 aliphatic heterocycles. The summed E-state index contributed by atoms with van der Waals surface area (Å²) in [6.45, 7) is 1.93. The van der Waals surface area contributed by atoms with Crippen molar-refractivity contribution in [1.29, 1.82) is 0 Å². The van der Waals surface area contributed by atoms with Gasteiger partial charge in [-0.1, -0.05) is 23.7 Å². The Morgan fingerprint density at radius 3 is 2.79 bits per heavy atom. The first-order chi connectivity index (χ1) is 8.99. The third-order valence-electron chi connectivity index (χ3n) is 2.63. The number of nitrogens with zero attached hydrogens (tertiary/aromatic N) is 1. The molecule has 0 radical (unpaired) electrons. The first kappa shape index (κ1) is 14.0. The molecule has 0 atom stereocenters. The zero-order valence-electron chi connectivity index (χ0n) is 10.3. The quantitative estimate of drug-likeness (QED) is 0.943. The van der Waals surface area contributed by atoms with Crippen LogP contribution < -0.4 is 4.72 Å². The number of hydrogen-bond acceptors (Lipinski definition) is 3. The Kier molecular flexibility index (Phi) is 4.19. The van der Waals surface area contributed by atoms with Crippen molar-refractivity contribution in [2.45, 2.75) is 18.4 Å². The van der Waals surface area contributed by atoms with Crippen LogP contribution in [0.3, 0.4) is 0 Å². The minimum absolute atomic E-state index is 0.197. The first-order valence-corrected chi connectivity index (χ1v) is 7.50. The molecule has 2 aromatic rings. The van der Waals surface area contributed by atoms with Gasteiger partial charge in [0.1, 0.15) is 0 Å². The summed E-state index contributed by atoms with van der Waals surface area (Å²) in [5.74, 6) is 0. The number of halogens is 1. The van der Waals surface area contributed by atoms with E-state index < -0.39 is 10.0 Å². The summed E-state index contributed by atoms with van der Waals surface area (Å²) >= 11 is 5.84. The molecule has 0 spiro atoms. The lowest BCUT2D eigenvalue weighted by Crippen LogP contribution is -2.24. The van der Waals surface area contributed by atoms with Crippen LogP contribution in [0.2, 0.25) is 5.02 Å². The zero-order chi connectivity index (χ0) is 13.9. The second kappa shape index (κ2) is 5.69. The van der Waals surface area contributed by atoms with Gasteiger partial charge in [-0.25, -0.2) is 13.1 Å². The number of pyridine rings is 1. The van der Waals surface area contributed by atoms with Gasteiger partial charge in [0.15, 0.2) is 0 Å². The molecule has 1 aromatic heterocycles. The molecule has 1 heterocycles. The number of rotatable bonds is 4. The second-order valence-corrected chi connectivity index (χ2v) is 6.27. The maximum atomic E-state index is 12.2. The van der Waals surface area contributed by atoms with Gasteiger partial charge in [0.05, 0.1) is 4.90 Å². The van der Waals surface area contributed by atoms with Crippen LogP contribution in [0.5, 0.6) is 0 Å². The predicted octanol–water partition coefficient (Wildman–Crippen LogP) is 2.52. The Labute approximate surface area is 117 Å². The van der Waals surface area contributed by atoms with Gasteiger partial charge in [0.25, 0.3) is 0 Å². The third-order valence-corrected chi connectivity index (χ3v) is 4.41. The van der Waals surface area contributed by atoms with Crippen molar-refractivity contribution in [1.82, 2.24) is 9.71 Å². The van der Waals surface area contributed by atoms with E-state index in [2.05, 4.69) is 9.71 Å². The van der Waals surface area contributed by atoms with Crippen molar-refractivity contribution < 1.29 is 8.42 Å². The van der Waals surface area contributed by atoms with Crippen molar-refractivity contribution in [3.63, 3.8) is 0 Å². The molecule has 0 saturated heterocycles. The monoisotopic (exact) mass is 296 g/mol. The Morgan fingerprint density at radius 1 is 1.32 bits per heavy atom. The van der Waals surface area contributed by atoms with Crippen LogP contribution in [0.1, 0.15) is 11.1 Å². The largest absolute Gasteiger partial charge is 0.264 e. The zero-order valence-corrected chi connectivity index (χ0v) is 11.9. The molecule has 0 aliphatic carbocycles. The number of benzene rings is 1. The summed E-state index contributed by atoms with van der Waals surface area (Å²) in [5.41, 5.74) is 1.45. The Morgan fingerprint density at radius 2 is 2.11 bits per heavy atom. The predicted molar refractivity (Wildman–Crippen MR) is 74.5 cm³/mol. The smallest absolute Gasteiger partial charge is 0.241 e. The van der Waals surface area contributed by atoms with Crippen LogP contribution >= 0.6 is 11.6 Å². The standard InChI is InChI=1S/C13H13ClN2O2S/c1-10-4-5-12(14)7-13(10)19(17,18)16-9-11-3-2-6-15-8-11/h2-8,16H,9H2,1H3. The van der Waals surface area contributed by atoms with E-state index in [0.29, 0.717) is 10.6 Å². The molecule has 1 aromatic carbocycles. The summed E-state index contributed by atoms with van der Waals surface area (Å²) in [6, 6.07) is 8.36. The molecule has 0 aliphatic rings. The highest BCUT2D eigenvalue weighted by Gasteiger charge is 2.16. The van der Waals surface area contributed by atoms with Gasteiger partial charge >= 0.3 is 0 Å². The summed E-state index contributed by atoms with van der Waals surface area (Å²) in [7, 11) is -3.57. The lowest BCUT2D eigenvalue weighted by molar-refractivity contribution is 0.580. The molecule has 1 N–H and O–H groups in total. The van der Waals surface area contributed by atoms with Gasteiger partial charge in [0.2, 0.25) is 10.0 Å². The van der Waals surface area contributed by atoms with Crippen molar-refractivity contribution >= 4 is 21.6 Å². The first-order valence-electron chi connectivity index (χ1n) is 5.64. The fourth-order valence-corrected chi connectivity index (χ4v) is 3.15. The van der Waals surface area contributed by atoms with E-state index in [1.165, 1.54) is 6.07 Å². The van der Waals surface area contributed by atoms with Crippen LogP contribution in [-0.2, 0) is 16.6 Å². The van der Waals surface area contributed by atoms with Gasteiger partial charge in [-0.15, -0.1) is 0 Å². The van der Waals surface area contributed by atoms with Crippen molar-refractivity contribution in [3.05, 3.63) is 58.9 Å². The SMILES string of the molecule is Cc1ccc(Cl)cc1S(=O)(=O)NCc1cccnc1. The molecule has 0 bridgehead atoms. The summed E-state index contributed by atoms with van der Waals surface area (Å²) in [5, 5.41) is 0.396. The number of hydrogen-bond donors (Lipinski definition) is 1. The van der Waals surface area contributed by atoms with Gasteiger partial charge < -0.3 is 0 Å². The van der Waals surface area contributed by atoms with E-state index in [4.69, 9.17) is 11.6 Å². The summed E-state index contributed by atoms with van der Waals surface area (Å²) in [6.07, 6.45) is 3.26.